The summed E-state index contributed by atoms with van der Waals surface area (Å²) in [4.78, 5) is 55.6. The third-order valence-corrected chi connectivity index (χ3v) is 7.02. The average Bonchev–Trinajstić information content (AvgIpc) is 3.63. The Hall–Kier alpha value is -4.68. The van der Waals surface area contributed by atoms with Crippen LogP contribution in [0, 0.1) is 11.2 Å². The Morgan fingerprint density at radius 1 is 1.08 bits per heavy atom. The van der Waals surface area contributed by atoms with Gasteiger partial charge in [0.25, 0.3) is 11.7 Å². The molecule has 194 valence electrons. The number of ketones is 1. The molecule has 2 aliphatic rings. The van der Waals surface area contributed by atoms with Crippen LogP contribution in [0.2, 0.25) is 0 Å². The summed E-state index contributed by atoms with van der Waals surface area (Å²) in [6.45, 7) is 5.83. The number of carbonyl (C=O) groups excluding carboxylic acids is 3. The molecule has 2 saturated heterocycles. The molecular formula is C25H24FN9O3. The van der Waals surface area contributed by atoms with Crippen LogP contribution in [0.1, 0.15) is 24.2 Å². The minimum atomic E-state index is -0.814. The average molecular weight is 518 g/mol. The number of H-pyrrole nitrogens is 1. The van der Waals surface area contributed by atoms with Crippen LogP contribution in [0.3, 0.4) is 0 Å². The molecule has 0 aliphatic carbocycles. The van der Waals surface area contributed by atoms with Crippen LogP contribution < -0.4 is 9.80 Å². The first kappa shape index (κ1) is 23.7. The van der Waals surface area contributed by atoms with Crippen molar-refractivity contribution in [3.8, 4) is 5.82 Å². The van der Waals surface area contributed by atoms with Crippen molar-refractivity contribution in [2.24, 2.45) is 5.41 Å². The summed E-state index contributed by atoms with van der Waals surface area (Å²) in [7, 11) is 0. The van der Waals surface area contributed by atoms with Gasteiger partial charge < -0.3 is 19.7 Å². The predicted molar refractivity (Wildman–Crippen MR) is 134 cm³/mol. The predicted octanol–water partition coefficient (Wildman–Crippen LogP) is 1.58. The topological polar surface area (TPSA) is 133 Å². The van der Waals surface area contributed by atoms with E-state index in [-0.39, 0.29) is 41.3 Å². The van der Waals surface area contributed by atoms with Gasteiger partial charge in [-0.1, -0.05) is 5.21 Å². The van der Waals surface area contributed by atoms with E-state index in [0.29, 0.717) is 25.5 Å². The number of β-lactam (4-membered cyclic amide) rings is 1. The number of carbonyl (C=O) groups is 3. The van der Waals surface area contributed by atoms with Crippen molar-refractivity contribution < 1.29 is 18.8 Å². The quantitative estimate of drug-likeness (QED) is 0.240. The van der Waals surface area contributed by atoms with Gasteiger partial charge in [0, 0.05) is 45.1 Å². The number of hydrogen-bond donors (Lipinski definition) is 1. The van der Waals surface area contributed by atoms with Crippen LogP contribution in [-0.2, 0) is 9.59 Å². The first-order valence-corrected chi connectivity index (χ1v) is 12.1. The second kappa shape index (κ2) is 8.71. The minimum Gasteiger partial charge on any atom is -0.357 e. The monoisotopic (exact) mass is 517 g/mol. The summed E-state index contributed by atoms with van der Waals surface area (Å²) in [5, 5.41) is 7.57. The highest BCUT2D eigenvalue weighted by molar-refractivity contribution is 6.45. The summed E-state index contributed by atoms with van der Waals surface area (Å²) in [5.74, 6) is -1.29. The maximum absolute atomic E-state index is 14.8. The normalized spacial score (nSPS) is 17.1. The highest BCUT2D eigenvalue weighted by Gasteiger charge is 2.46. The van der Waals surface area contributed by atoms with E-state index in [9.17, 15) is 18.8 Å². The zero-order valence-electron chi connectivity index (χ0n) is 20.8. The lowest BCUT2D eigenvalue weighted by Crippen LogP contribution is -2.59. The molecule has 6 rings (SSSR count). The number of nitrogens with one attached hydrogen (secondary N) is 1. The van der Waals surface area contributed by atoms with Gasteiger partial charge >= 0.3 is 0 Å². The lowest BCUT2D eigenvalue weighted by atomic mass is 9.83. The van der Waals surface area contributed by atoms with E-state index in [0.717, 1.165) is 11.9 Å². The minimum absolute atomic E-state index is 0.0252. The van der Waals surface area contributed by atoms with Crippen molar-refractivity contribution in [3.63, 3.8) is 0 Å². The molecule has 13 heteroatoms. The molecule has 38 heavy (non-hydrogen) atoms. The first-order chi connectivity index (χ1) is 18.3. The number of aromatic nitrogens is 6. The van der Waals surface area contributed by atoms with Crippen LogP contribution >= 0.6 is 0 Å². The summed E-state index contributed by atoms with van der Waals surface area (Å²) >= 11 is 0. The van der Waals surface area contributed by atoms with Gasteiger partial charge in [-0.05, 0) is 26.0 Å². The van der Waals surface area contributed by atoms with Gasteiger partial charge in [0.1, 0.15) is 0 Å². The number of rotatable bonds is 5. The SMILES string of the molecule is CC1(C)CN(c2cccnc2N2CCN(C(=O)C(=O)c3c[nH]c4c(-n5ccnn5)ncc(F)c34)CC2)C1=O. The third-order valence-electron chi connectivity index (χ3n) is 7.02. The van der Waals surface area contributed by atoms with Crippen molar-refractivity contribution in [3.05, 3.63) is 54.5 Å². The van der Waals surface area contributed by atoms with E-state index in [1.807, 2.05) is 24.8 Å². The largest absolute Gasteiger partial charge is 0.357 e. The Morgan fingerprint density at radius 3 is 2.55 bits per heavy atom. The van der Waals surface area contributed by atoms with E-state index >= 15 is 0 Å². The van der Waals surface area contributed by atoms with E-state index in [1.54, 1.807) is 23.4 Å². The number of fused-ring (bicyclic) bond motifs is 1. The molecule has 12 nitrogen and oxygen atoms in total. The maximum Gasteiger partial charge on any atom is 0.295 e. The number of piperazine rings is 1. The molecule has 0 bridgehead atoms. The van der Waals surface area contributed by atoms with E-state index in [4.69, 9.17) is 0 Å². The number of hydrogen-bond acceptors (Lipinski definition) is 8. The molecule has 0 radical (unpaired) electrons. The van der Waals surface area contributed by atoms with Crippen molar-refractivity contribution in [1.29, 1.82) is 0 Å². The number of halogens is 1. The standard InChI is InChI=1S/C25H24FN9O3/c1-25(2)14-34(24(25)38)17-4-3-5-27-21(17)32-8-10-33(11-9-32)23(37)20(36)15-12-28-19-18(15)16(26)13-29-22(19)35-7-6-30-31-35/h3-7,12-13,28H,8-11,14H2,1-2H3. The van der Waals surface area contributed by atoms with Crippen LogP contribution in [0.15, 0.2) is 43.1 Å². The van der Waals surface area contributed by atoms with Crippen molar-refractivity contribution >= 4 is 40.0 Å². The molecule has 0 saturated carbocycles. The zero-order valence-corrected chi connectivity index (χ0v) is 20.8. The summed E-state index contributed by atoms with van der Waals surface area (Å²) < 4.78 is 16.1. The fourth-order valence-corrected chi connectivity index (χ4v) is 4.99. The Morgan fingerprint density at radius 2 is 1.87 bits per heavy atom. The van der Waals surface area contributed by atoms with Gasteiger partial charge in [0.15, 0.2) is 17.5 Å². The molecule has 0 unspecified atom stereocenters. The number of Topliss-reactive ketones (excluding diaryl/α,β-unsaturated/α-hetero) is 1. The van der Waals surface area contributed by atoms with Crippen LogP contribution in [0.5, 0.6) is 0 Å². The van der Waals surface area contributed by atoms with Gasteiger partial charge in [0.05, 0.1) is 46.2 Å². The van der Waals surface area contributed by atoms with Gasteiger partial charge in [-0.2, -0.15) is 0 Å². The van der Waals surface area contributed by atoms with E-state index in [1.165, 1.54) is 22.0 Å². The first-order valence-electron chi connectivity index (χ1n) is 12.1. The van der Waals surface area contributed by atoms with Crippen molar-refractivity contribution in [2.75, 3.05) is 42.5 Å². The van der Waals surface area contributed by atoms with Crippen molar-refractivity contribution in [1.82, 2.24) is 34.8 Å². The summed E-state index contributed by atoms with van der Waals surface area (Å²) in [5.41, 5.74) is 0.508. The number of pyridine rings is 2. The third kappa shape index (κ3) is 3.69. The maximum atomic E-state index is 14.8. The molecule has 4 aromatic heterocycles. The molecule has 4 aromatic rings. The Bertz CT molecular complexity index is 1570. The fourth-order valence-electron chi connectivity index (χ4n) is 4.99. The molecular weight excluding hydrogens is 493 g/mol. The Balaban J connectivity index is 1.19. The van der Waals surface area contributed by atoms with Crippen LogP contribution in [0.4, 0.5) is 15.9 Å². The molecule has 0 atom stereocenters. The zero-order chi connectivity index (χ0) is 26.6. The molecule has 2 amide bonds. The number of aromatic amines is 1. The fraction of sp³-hybridized carbons (Fsp3) is 0.320. The van der Waals surface area contributed by atoms with E-state index < -0.39 is 22.9 Å². The highest BCUT2D eigenvalue weighted by atomic mass is 19.1. The molecule has 2 fully saturated rings. The smallest absolute Gasteiger partial charge is 0.295 e. The van der Waals surface area contributed by atoms with Gasteiger partial charge in [-0.3, -0.25) is 14.4 Å². The highest BCUT2D eigenvalue weighted by Crippen LogP contribution is 2.39. The molecule has 0 aromatic carbocycles. The molecule has 1 N–H and O–H groups in total. The summed E-state index contributed by atoms with van der Waals surface area (Å²) in [6, 6.07) is 3.66. The molecule has 6 heterocycles. The number of anilines is 2. The van der Waals surface area contributed by atoms with Crippen LogP contribution in [-0.4, -0.2) is 85.2 Å². The molecule has 0 spiro atoms. The lowest BCUT2D eigenvalue weighted by Gasteiger charge is -2.46. The second-order valence-electron chi connectivity index (χ2n) is 9.96. The van der Waals surface area contributed by atoms with Gasteiger partial charge in [-0.25, -0.2) is 19.0 Å². The Labute approximate surface area is 216 Å². The summed E-state index contributed by atoms with van der Waals surface area (Å²) in [6.07, 6.45) is 6.96. The second-order valence-corrected chi connectivity index (χ2v) is 9.96. The number of nitrogens with zero attached hydrogens (tertiary/aromatic N) is 8. The van der Waals surface area contributed by atoms with Crippen molar-refractivity contribution in [2.45, 2.75) is 13.8 Å². The van der Waals surface area contributed by atoms with Gasteiger partial charge in [-0.15, -0.1) is 5.10 Å². The van der Waals surface area contributed by atoms with Gasteiger partial charge in [0.2, 0.25) is 5.91 Å². The molecule has 2 aliphatic heterocycles. The van der Waals surface area contributed by atoms with E-state index in [2.05, 4.69) is 25.3 Å². The Kier molecular flexibility index (Phi) is 5.44. The van der Waals surface area contributed by atoms with Crippen LogP contribution in [0.25, 0.3) is 16.7 Å². The number of amides is 2. The lowest BCUT2D eigenvalue weighted by molar-refractivity contribution is -0.132.